The van der Waals surface area contributed by atoms with Gasteiger partial charge in [-0.15, -0.1) is 0 Å². The van der Waals surface area contributed by atoms with Crippen molar-refractivity contribution in [1.82, 2.24) is 14.3 Å². The lowest BCUT2D eigenvalue weighted by molar-refractivity contribution is -0.123. The van der Waals surface area contributed by atoms with Gasteiger partial charge in [0.1, 0.15) is 15.8 Å². The average molecular weight is 471 g/mol. The number of amides is 1. The topological polar surface area (TPSA) is 66.7 Å². The van der Waals surface area contributed by atoms with Crippen LogP contribution in [0.1, 0.15) is 64.0 Å². The monoisotopic (exact) mass is 470 g/mol. The van der Waals surface area contributed by atoms with E-state index < -0.39 is 0 Å². The summed E-state index contributed by atoms with van der Waals surface area (Å²) in [5, 5.41) is 3.54. The minimum absolute atomic E-state index is 0.0219. The Morgan fingerprint density at radius 3 is 2.72 bits per heavy atom. The van der Waals surface area contributed by atoms with Gasteiger partial charge in [0.2, 0.25) is 0 Å². The van der Waals surface area contributed by atoms with Crippen LogP contribution in [0, 0.1) is 12.8 Å². The van der Waals surface area contributed by atoms with Crippen molar-refractivity contribution >= 4 is 51.7 Å². The Kier molecular flexibility index (Phi) is 6.72. The van der Waals surface area contributed by atoms with Crippen LogP contribution >= 0.6 is 24.0 Å². The first kappa shape index (κ1) is 23.0. The van der Waals surface area contributed by atoms with Crippen LogP contribution < -0.4 is 10.9 Å². The van der Waals surface area contributed by atoms with Crippen LogP contribution in [0.25, 0.3) is 11.7 Å². The van der Waals surface area contributed by atoms with E-state index in [0.29, 0.717) is 26.3 Å². The van der Waals surface area contributed by atoms with Crippen LogP contribution in [0.3, 0.4) is 0 Å². The summed E-state index contributed by atoms with van der Waals surface area (Å²) in [4.78, 5) is 33.6. The van der Waals surface area contributed by atoms with Crippen molar-refractivity contribution in [2.45, 2.75) is 71.9 Å². The molecular weight excluding hydrogens is 440 g/mol. The number of carbonyl (C=O) groups excluding carboxylic acids is 1. The summed E-state index contributed by atoms with van der Waals surface area (Å²) in [5.41, 5.74) is 1.80. The molecule has 6 nitrogen and oxygen atoms in total. The van der Waals surface area contributed by atoms with Gasteiger partial charge in [0.05, 0.1) is 10.5 Å². The molecule has 1 saturated carbocycles. The molecule has 0 aromatic carbocycles. The van der Waals surface area contributed by atoms with E-state index in [4.69, 9.17) is 17.2 Å². The van der Waals surface area contributed by atoms with E-state index in [1.54, 1.807) is 21.6 Å². The maximum absolute atomic E-state index is 13.5. The van der Waals surface area contributed by atoms with E-state index in [9.17, 15) is 9.59 Å². The van der Waals surface area contributed by atoms with Crippen molar-refractivity contribution in [2.75, 3.05) is 5.32 Å². The molecule has 2 aromatic rings. The summed E-state index contributed by atoms with van der Waals surface area (Å²) in [5.74, 6) is 1.14. The second-order valence-corrected chi connectivity index (χ2v) is 10.6. The molecule has 3 heterocycles. The largest absolute Gasteiger partial charge is 0.367 e. The highest BCUT2D eigenvalue weighted by atomic mass is 32.2. The highest BCUT2D eigenvalue weighted by Gasteiger charge is 2.35. The van der Waals surface area contributed by atoms with Crippen LogP contribution in [0.15, 0.2) is 28.0 Å². The van der Waals surface area contributed by atoms with Crippen LogP contribution in [0.4, 0.5) is 5.82 Å². The van der Waals surface area contributed by atoms with Gasteiger partial charge in [0.15, 0.2) is 0 Å². The summed E-state index contributed by atoms with van der Waals surface area (Å²) in [6.45, 7) is 8.25. The third-order valence-corrected chi connectivity index (χ3v) is 7.90. The number of nitrogens with one attached hydrogen (secondary N) is 1. The molecule has 2 fully saturated rings. The normalized spacial score (nSPS) is 23.9. The van der Waals surface area contributed by atoms with E-state index in [0.717, 1.165) is 43.6 Å². The molecule has 1 atom stereocenters. The molecule has 1 N–H and O–H groups in total. The van der Waals surface area contributed by atoms with Gasteiger partial charge in [-0.25, -0.2) is 4.98 Å². The van der Waals surface area contributed by atoms with Gasteiger partial charge >= 0.3 is 0 Å². The molecule has 0 spiro atoms. The summed E-state index contributed by atoms with van der Waals surface area (Å²) in [6, 6.07) is 4.08. The zero-order chi connectivity index (χ0) is 23.0. The van der Waals surface area contributed by atoms with Crippen LogP contribution in [-0.4, -0.2) is 36.6 Å². The standard InChI is InChI=1S/C24H30N4O2S2/c1-5-16(4)28-23(30)19(32-24(28)31)13-18-20(25-17-10-8-14(2)9-11-17)26-21-15(3)7-6-12-27(21)22(18)29/h6-7,12-14,16-17,25H,5,8-11H2,1-4H3/b19-13+. The number of pyridine rings is 1. The lowest BCUT2D eigenvalue weighted by atomic mass is 9.87. The Bertz CT molecular complexity index is 1150. The number of fused-ring (bicyclic) bond motifs is 1. The number of thiocarbonyl (C=S) groups is 1. The van der Waals surface area contributed by atoms with Crippen molar-refractivity contribution in [3.63, 3.8) is 0 Å². The smallest absolute Gasteiger partial charge is 0.267 e. The maximum Gasteiger partial charge on any atom is 0.267 e. The molecule has 0 radical (unpaired) electrons. The number of thioether (sulfide) groups is 1. The molecule has 0 bridgehead atoms. The zero-order valence-corrected chi connectivity index (χ0v) is 20.7. The van der Waals surface area contributed by atoms with Gasteiger partial charge < -0.3 is 5.32 Å². The fourth-order valence-electron chi connectivity index (χ4n) is 4.32. The van der Waals surface area contributed by atoms with Crippen LogP contribution in [-0.2, 0) is 4.79 Å². The van der Waals surface area contributed by atoms with E-state index >= 15 is 0 Å². The van der Waals surface area contributed by atoms with Crippen LogP contribution in [0.2, 0.25) is 0 Å². The fraction of sp³-hybridized carbons (Fsp3) is 0.500. The van der Waals surface area contributed by atoms with E-state index in [2.05, 4.69) is 12.2 Å². The molecule has 32 heavy (non-hydrogen) atoms. The average Bonchev–Trinajstić information content (AvgIpc) is 3.05. The predicted molar refractivity (Wildman–Crippen MR) is 136 cm³/mol. The highest BCUT2D eigenvalue weighted by molar-refractivity contribution is 8.26. The molecule has 1 aliphatic heterocycles. The molecule has 170 valence electrons. The van der Waals surface area contributed by atoms with E-state index in [1.807, 2.05) is 32.9 Å². The van der Waals surface area contributed by atoms with Gasteiger partial charge in [-0.05, 0) is 69.6 Å². The second-order valence-electron chi connectivity index (χ2n) is 8.97. The Morgan fingerprint density at radius 1 is 1.31 bits per heavy atom. The second kappa shape index (κ2) is 9.35. The van der Waals surface area contributed by atoms with Crippen LogP contribution in [0.5, 0.6) is 0 Å². The Labute approximate surface area is 198 Å². The number of rotatable bonds is 5. The molecule has 1 saturated heterocycles. The summed E-state index contributed by atoms with van der Waals surface area (Å²) < 4.78 is 2.10. The number of nitrogens with zero attached hydrogens (tertiary/aromatic N) is 3. The Morgan fingerprint density at radius 2 is 2.03 bits per heavy atom. The number of hydrogen-bond donors (Lipinski definition) is 1. The Balaban J connectivity index is 1.80. The van der Waals surface area contributed by atoms with Gasteiger partial charge in [-0.1, -0.05) is 43.9 Å². The molecule has 1 amide bonds. The van der Waals surface area contributed by atoms with Crippen molar-refractivity contribution in [3.05, 3.63) is 44.7 Å². The lowest BCUT2D eigenvalue weighted by Gasteiger charge is -2.28. The maximum atomic E-state index is 13.5. The summed E-state index contributed by atoms with van der Waals surface area (Å²) in [6.07, 6.45) is 8.63. The third-order valence-electron chi connectivity index (χ3n) is 6.57. The third kappa shape index (κ3) is 4.35. The first-order valence-corrected chi connectivity index (χ1v) is 12.6. The SMILES string of the molecule is CCC(C)N1C(=O)/C(=C\c2c(NC3CCC(C)CC3)nc3c(C)cccn3c2=O)SC1=S. The quantitative estimate of drug-likeness (QED) is 0.490. The molecule has 2 aliphatic rings. The minimum atomic E-state index is -0.181. The van der Waals surface area contributed by atoms with Crippen molar-refractivity contribution in [1.29, 1.82) is 0 Å². The number of anilines is 1. The van der Waals surface area contributed by atoms with E-state index in [1.165, 1.54) is 11.8 Å². The van der Waals surface area contributed by atoms with Crippen molar-refractivity contribution in [2.24, 2.45) is 5.92 Å². The van der Waals surface area contributed by atoms with Gasteiger partial charge in [0, 0.05) is 18.3 Å². The molecule has 1 unspecified atom stereocenters. The lowest BCUT2D eigenvalue weighted by Crippen LogP contribution is -2.36. The zero-order valence-electron chi connectivity index (χ0n) is 19.1. The van der Waals surface area contributed by atoms with Gasteiger partial charge in [0.25, 0.3) is 11.5 Å². The molecule has 1 aliphatic carbocycles. The first-order chi connectivity index (χ1) is 15.3. The molecular formula is C24H30N4O2S2. The summed E-state index contributed by atoms with van der Waals surface area (Å²) in [7, 11) is 0. The van der Waals surface area contributed by atoms with Gasteiger partial charge in [-0.2, -0.15) is 0 Å². The predicted octanol–water partition coefficient (Wildman–Crippen LogP) is 4.99. The van der Waals surface area contributed by atoms with Gasteiger partial charge in [-0.3, -0.25) is 18.9 Å². The van der Waals surface area contributed by atoms with Crippen molar-refractivity contribution in [3.8, 4) is 0 Å². The van der Waals surface area contributed by atoms with Crippen molar-refractivity contribution < 1.29 is 4.79 Å². The first-order valence-electron chi connectivity index (χ1n) is 11.4. The highest BCUT2D eigenvalue weighted by Crippen LogP contribution is 2.35. The summed E-state index contributed by atoms with van der Waals surface area (Å²) >= 11 is 6.73. The number of carbonyl (C=O) groups is 1. The minimum Gasteiger partial charge on any atom is -0.367 e. The Hall–Kier alpha value is -2.19. The van der Waals surface area contributed by atoms with E-state index in [-0.39, 0.29) is 23.6 Å². The fourth-order valence-corrected chi connectivity index (χ4v) is 5.77. The number of aromatic nitrogens is 2. The number of aryl methyl sites for hydroxylation is 1. The molecule has 4 rings (SSSR count). The molecule has 8 heteroatoms. The molecule has 2 aromatic heterocycles. The number of hydrogen-bond acceptors (Lipinski definition) is 6.